The number of nitrogen functional groups attached to an aromatic ring is 1. The average molecular weight is 352 g/mol. The molecule has 106 valence electrons. The van der Waals surface area contributed by atoms with Crippen LogP contribution < -0.4 is 5.73 Å². The number of benzene rings is 1. The molecule has 3 nitrogen and oxygen atoms in total. The largest absolute Gasteiger partial charge is 0.384 e. The maximum Gasteiger partial charge on any atom is 0.122 e. The van der Waals surface area contributed by atoms with Crippen molar-refractivity contribution >= 4 is 33.1 Å². The van der Waals surface area contributed by atoms with Gasteiger partial charge in [0.05, 0.1) is 0 Å². The molecule has 3 N–H and O–H groups in total. The zero-order chi connectivity index (χ0) is 14.7. The molecule has 2 aromatic rings. The van der Waals surface area contributed by atoms with E-state index in [9.17, 15) is 0 Å². The molecule has 20 heavy (non-hydrogen) atoms. The fourth-order valence-electron chi connectivity index (χ4n) is 2.09. The van der Waals surface area contributed by atoms with Crippen molar-refractivity contribution in [3.05, 3.63) is 55.7 Å². The number of hydrogen-bond donors (Lipinski definition) is 2. The van der Waals surface area contributed by atoms with Crippen LogP contribution in [0.5, 0.6) is 0 Å². The maximum atomic E-state index is 7.46. The van der Waals surface area contributed by atoms with E-state index in [0.717, 1.165) is 23.1 Å². The Kier molecular flexibility index (Phi) is 4.96. The van der Waals surface area contributed by atoms with Crippen LogP contribution in [0.2, 0.25) is 0 Å². The lowest BCUT2D eigenvalue weighted by Crippen LogP contribution is -2.18. The van der Waals surface area contributed by atoms with E-state index < -0.39 is 0 Å². The summed E-state index contributed by atoms with van der Waals surface area (Å²) in [6.07, 6.45) is 0. The number of aryl methyl sites for hydroxylation is 1. The van der Waals surface area contributed by atoms with Gasteiger partial charge in [-0.2, -0.15) is 0 Å². The number of nitrogens with zero attached hydrogens (tertiary/aromatic N) is 1. The van der Waals surface area contributed by atoms with Crippen LogP contribution in [-0.4, -0.2) is 17.8 Å². The zero-order valence-corrected chi connectivity index (χ0v) is 14.0. The third-order valence-electron chi connectivity index (χ3n) is 3.14. The van der Waals surface area contributed by atoms with E-state index in [2.05, 4.69) is 52.3 Å². The predicted molar refractivity (Wildman–Crippen MR) is 89.4 cm³/mol. The molecule has 0 saturated carbocycles. The van der Waals surface area contributed by atoms with Crippen molar-refractivity contribution in [2.24, 2.45) is 5.73 Å². The Balaban J connectivity index is 2.04. The van der Waals surface area contributed by atoms with Gasteiger partial charge in [0.2, 0.25) is 0 Å². The van der Waals surface area contributed by atoms with Crippen LogP contribution in [0.4, 0.5) is 0 Å². The molecule has 0 saturated heterocycles. The molecule has 1 aromatic heterocycles. The first-order valence-corrected chi connectivity index (χ1v) is 7.98. The molecule has 0 fully saturated rings. The van der Waals surface area contributed by atoms with Crippen molar-refractivity contribution in [3.8, 4) is 0 Å². The Hall–Kier alpha value is -1.17. The second kappa shape index (κ2) is 6.52. The fraction of sp³-hybridized carbons (Fsp3) is 0.267. The van der Waals surface area contributed by atoms with Gasteiger partial charge in [-0.05, 0) is 53.2 Å². The van der Waals surface area contributed by atoms with Crippen molar-refractivity contribution in [3.63, 3.8) is 0 Å². The number of nitrogens with one attached hydrogen (secondary N) is 1. The minimum absolute atomic E-state index is 0.122. The van der Waals surface area contributed by atoms with E-state index >= 15 is 0 Å². The van der Waals surface area contributed by atoms with Gasteiger partial charge in [0.15, 0.2) is 0 Å². The van der Waals surface area contributed by atoms with Crippen LogP contribution in [0.3, 0.4) is 0 Å². The first-order chi connectivity index (χ1) is 9.45. The van der Waals surface area contributed by atoms with Gasteiger partial charge in [0.25, 0.3) is 0 Å². The summed E-state index contributed by atoms with van der Waals surface area (Å²) < 4.78 is 1.15. The van der Waals surface area contributed by atoms with Crippen molar-refractivity contribution in [2.45, 2.75) is 20.0 Å². The lowest BCUT2D eigenvalue weighted by Gasteiger charge is -2.17. The van der Waals surface area contributed by atoms with E-state index in [-0.39, 0.29) is 5.84 Å². The summed E-state index contributed by atoms with van der Waals surface area (Å²) >= 11 is 5.25. The molecular formula is C15H18BrN3S. The van der Waals surface area contributed by atoms with Crippen LogP contribution in [-0.2, 0) is 13.1 Å². The van der Waals surface area contributed by atoms with Gasteiger partial charge in [-0.3, -0.25) is 10.3 Å². The minimum atomic E-state index is 0.122. The number of nitrogens with two attached hydrogens (primary N) is 1. The van der Waals surface area contributed by atoms with Gasteiger partial charge >= 0.3 is 0 Å². The number of hydrogen-bond acceptors (Lipinski definition) is 3. The number of amidine groups is 1. The van der Waals surface area contributed by atoms with Crippen LogP contribution in [0.25, 0.3) is 0 Å². The van der Waals surface area contributed by atoms with Crippen molar-refractivity contribution in [1.29, 1.82) is 5.41 Å². The molecule has 2 rings (SSSR count). The Morgan fingerprint density at radius 1 is 1.35 bits per heavy atom. The van der Waals surface area contributed by atoms with Gasteiger partial charge in [-0.25, -0.2) is 0 Å². The first kappa shape index (κ1) is 15.2. The summed E-state index contributed by atoms with van der Waals surface area (Å²) in [5.41, 5.74) is 8.75. The molecule has 1 heterocycles. The van der Waals surface area contributed by atoms with E-state index in [1.54, 1.807) is 11.3 Å². The number of thiophene rings is 1. The van der Waals surface area contributed by atoms with Crippen molar-refractivity contribution in [1.82, 2.24) is 4.90 Å². The summed E-state index contributed by atoms with van der Waals surface area (Å²) in [7, 11) is 2.12. The number of rotatable bonds is 5. The Morgan fingerprint density at radius 3 is 2.65 bits per heavy atom. The van der Waals surface area contributed by atoms with E-state index in [0.29, 0.717) is 0 Å². The monoisotopic (exact) mass is 351 g/mol. The standard InChI is InChI=1S/C15H18BrN3S/c1-10-5-11(15(17)18)3-4-12(10)7-19(2)8-14-6-13(16)9-20-14/h3-6,9H,7-8H2,1-2H3,(H3,17,18). The van der Waals surface area contributed by atoms with Crippen LogP contribution in [0.1, 0.15) is 21.6 Å². The smallest absolute Gasteiger partial charge is 0.122 e. The van der Waals surface area contributed by atoms with E-state index in [4.69, 9.17) is 11.1 Å². The second-order valence-corrected chi connectivity index (χ2v) is 6.87. The Bertz CT molecular complexity index is 621. The van der Waals surface area contributed by atoms with Gasteiger partial charge < -0.3 is 5.73 Å². The summed E-state index contributed by atoms with van der Waals surface area (Å²) in [4.78, 5) is 3.63. The highest BCUT2D eigenvalue weighted by molar-refractivity contribution is 9.10. The molecule has 0 unspecified atom stereocenters. The molecule has 0 radical (unpaired) electrons. The molecule has 0 amide bonds. The fourth-order valence-corrected chi connectivity index (χ4v) is 3.62. The van der Waals surface area contributed by atoms with Crippen molar-refractivity contribution < 1.29 is 0 Å². The van der Waals surface area contributed by atoms with Crippen LogP contribution >= 0.6 is 27.3 Å². The van der Waals surface area contributed by atoms with Gasteiger partial charge in [0.1, 0.15) is 5.84 Å². The van der Waals surface area contributed by atoms with Crippen LogP contribution in [0.15, 0.2) is 34.1 Å². The SMILES string of the molecule is Cc1cc(C(=N)N)ccc1CN(C)Cc1cc(Br)cs1. The summed E-state index contributed by atoms with van der Waals surface area (Å²) in [5, 5.41) is 9.57. The predicted octanol–water partition coefficient (Wildman–Crippen LogP) is 3.74. The number of halogens is 1. The molecule has 0 aliphatic rings. The van der Waals surface area contributed by atoms with Crippen molar-refractivity contribution in [2.75, 3.05) is 7.05 Å². The third-order valence-corrected chi connectivity index (χ3v) is 4.82. The summed E-state index contributed by atoms with van der Waals surface area (Å²) in [6.45, 7) is 3.89. The maximum absolute atomic E-state index is 7.46. The Labute approximate surface area is 132 Å². The molecule has 5 heteroatoms. The second-order valence-electron chi connectivity index (χ2n) is 4.96. The Morgan fingerprint density at radius 2 is 2.10 bits per heavy atom. The molecule has 0 atom stereocenters. The highest BCUT2D eigenvalue weighted by Crippen LogP contribution is 2.22. The quantitative estimate of drug-likeness (QED) is 0.636. The molecule has 0 aliphatic carbocycles. The average Bonchev–Trinajstić information content (AvgIpc) is 2.77. The molecular weight excluding hydrogens is 334 g/mol. The summed E-state index contributed by atoms with van der Waals surface area (Å²) in [6, 6.07) is 8.12. The highest BCUT2D eigenvalue weighted by Gasteiger charge is 2.07. The lowest BCUT2D eigenvalue weighted by atomic mass is 10.0. The van der Waals surface area contributed by atoms with Crippen LogP contribution in [0, 0.1) is 12.3 Å². The molecule has 0 spiro atoms. The molecule has 1 aromatic carbocycles. The van der Waals surface area contributed by atoms with Gasteiger partial charge in [-0.1, -0.05) is 12.1 Å². The summed E-state index contributed by atoms with van der Waals surface area (Å²) in [5.74, 6) is 0.122. The van der Waals surface area contributed by atoms with E-state index in [1.807, 2.05) is 12.1 Å². The first-order valence-electron chi connectivity index (χ1n) is 6.31. The lowest BCUT2D eigenvalue weighted by molar-refractivity contribution is 0.321. The highest BCUT2D eigenvalue weighted by atomic mass is 79.9. The topological polar surface area (TPSA) is 53.1 Å². The van der Waals surface area contributed by atoms with E-state index in [1.165, 1.54) is 16.0 Å². The minimum Gasteiger partial charge on any atom is -0.384 e. The zero-order valence-electron chi connectivity index (χ0n) is 11.6. The normalized spacial score (nSPS) is 11.0. The molecule has 0 bridgehead atoms. The van der Waals surface area contributed by atoms with Gasteiger partial charge in [0, 0.05) is 33.4 Å². The third kappa shape index (κ3) is 3.91. The van der Waals surface area contributed by atoms with Gasteiger partial charge in [-0.15, -0.1) is 11.3 Å². The molecule has 0 aliphatic heterocycles.